The topological polar surface area (TPSA) is 74.4 Å². The zero-order valence-electron chi connectivity index (χ0n) is 20.9. The molecule has 1 aliphatic rings. The molecule has 6 nitrogen and oxygen atoms in total. The van der Waals surface area contributed by atoms with Crippen molar-refractivity contribution in [3.05, 3.63) is 82.4 Å². The van der Waals surface area contributed by atoms with E-state index in [9.17, 15) is 10.2 Å². The molecule has 2 unspecified atom stereocenters. The number of aromatic nitrogens is 3. The highest BCUT2D eigenvalue weighted by atomic mass is 16.3. The molecule has 1 fully saturated rings. The van der Waals surface area contributed by atoms with E-state index in [-0.39, 0.29) is 5.41 Å². The summed E-state index contributed by atoms with van der Waals surface area (Å²) in [5.74, 6) is 6.37. The molecule has 1 saturated heterocycles. The van der Waals surface area contributed by atoms with Gasteiger partial charge < -0.3 is 15.1 Å². The smallest absolute Gasteiger partial charge is 0.143 e. The molecule has 34 heavy (non-hydrogen) atoms. The molecule has 6 heteroatoms. The summed E-state index contributed by atoms with van der Waals surface area (Å²) >= 11 is 0. The maximum Gasteiger partial charge on any atom is 0.143 e. The number of hydrogen-bond acceptors (Lipinski definition) is 5. The minimum atomic E-state index is -1.22. The molecule has 0 radical (unpaired) electrons. The Labute approximate surface area is 202 Å². The van der Waals surface area contributed by atoms with Crippen molar-refractivity contribution in [2.45, 2.75) is 45.3 Å². The van der Waals surface area contributed by atoms with Crippen molar-refractivity contribution in [1.82, 2.24) is 19.7 Å². The number of benzene rings is 1. The number of hydrogen-bond donors (Lipinski definition) is 2. The first kappa shape index (κ1) is 24.2. The van der Waals surface area contributed by atoms with Crippen LogP contribution in [0.15, 0.2) is 48.9 Å². The molecule has 1 aliphatic heterocycles. The van der Waals surface area contributed by atoms with Crippen LogP contribution in [0.25, 0.3) is 0 Å². The maximum atomic E-state index is 12.3. The van der Waals surface area contributed by atoms with Crippen LogP contribution in [0.5, 0.6) is 0 Å². The normalized spacial score (nSPS) is 18.0. The highest BCUT2D eigenvalue weighted by Crippen LogP contribution is 2.50. The first-order chi connectivity index (χ1) is 16.0. The molecular formula is C28H34N4O2. The van der Waals surface area contributed by atoms with Gasteiger partial charge in [-0.15, -0.1) is 0 Å². The van der Waals surface area contributed by atoms with Crippen LogP contribution in [0.1, 0.15) is 66.3 Å². The van der Waals surface area contributed by atoms with E-state index in [0.29, 0.717) is 22.6 Å². The monoisotopic (exact) mass is 458 g/mol. The van der Waals surface area contributed by atoms with E-state index in [1.807, 2.05) is 32.2 Å². The van der Waals surface area contributed by atoms with E-state index in [1.165, 1.54) is 5.56 Å². The van der Waals surface area contributed by atoms with E-state index in [4.69, 9.17) is 0 Å². The van der Waals surface area contributed by atoms with Gasteiger partial charge in [-0.05, 0) is 37.1 Å². The Bertz CT molecular complexity index is 1230. The van der Waals surface area contributed by atoms with Crippen LogP contribution >= 0.6 is 0 Å². The molecule has 0 amide bonds. The molecule has 2 N–H and O–H groups in total. The fraction of sp³-hybridized carbons (Fsp3) is 0.429. The Hall–Kier alpha value is -2.98. The summed E-state index contributed by atoms with van der Waals surface area (Å²) in [5.41, 5.74) is 3.28. The van der Waals surface area contributed by atoms with Gasteiger partial charge in [0.2, 0.25) is 0 Å². The van der Waals surface area contributed by atoms with Crippen LogP contribution in [0.2, 0.25) is 0 Å². The summed E-state index contributed by atoms with van der Waals surface area (Å²) in [5, 5.41) is 27.2. The highest BCUT2D eigenvalue weighted by molar-refractivity contribution is 5.45. The van der Waals surface area contributed by atoms with Gasteiger partial charge >= 0.3 is 0 Å². The predicted molar refractivity (Wildman–Crippen MR) is 133 cm³/mol. The quantitative estimate of drug-likeness (QED) is 0.573. The fourth-order valence-electron chi connectivity index (χ4n) is 5.17. The number of rotatable bonds is 5. The minimum absolute atomic E-state index is 0.374. The summed E-state index contributed by atoms with van der Waals surface area (Å²) in [6, 6.07) is 10.2. The first-order valence-corrected chi connectivity index (χ1v) is 11.7. The van der Waals surface area contributed by atoms with Crippen molar-refractivity contribution in [2.24, 2.45) is 12.5 Å². The third-order valence-corrected chi connectivity index (χ3v) is 6.96. The van der Waals surface area contributed by atoms with Gasteiger partial charge in [-0.2, -0.15) is 5.10 Å². The van der Waals surface area contributed by atoms with Crippen LogP contribution in [-0.2, 0) is 12.6 Å². The first-order valence-electron chi connectivity index (χ1n) is 11.7. The van der Waals surface area contributed by atoms with Gasteiger partial charge in [0.25, 0.3) is 0 Å². The zero-order valence-corrected chi connectivity index (χ0v) is 20.9. The Kier molecular flexibility index (Phi) is 6.39. The third kappa shape index (κ3) is 4.27. The van der Waals surface area contributed by atoms with Gasteiger partial charge in [-0.1, -0.05) is 56.9 Å². The van der Waals surface area contributed by atoms with Gasteiger partial charge in [0.05, 0.1) is 5.69 Å². The van der Waals surface area contributed by atoms with Crippen molar-refractivity contribution in [3.8, 4) is 11.8 Å². The Balaban J connectivity index is 1.72. The van der Waals surface area contributed by atoms with Crippen molar-refractivity contribution in [2.75, 3.05) is 20.1 Å². The average molecular weight is 459 g/mol. The lowest BCUT2D eigenvalue weighted by Gasteiger charge is -2.55. The van der Waals surface area contributed by atoms with E-state index in [1.54, 1.807) is 23.3 Å². The van der Waals surface area contributed by atoms with Crippen molar-refractivity contribution >= 4 is 0 Å². The van der Waals surface area contributed by atoms with Crippen molar-refractivity contribution in [3.63, 3.8) is 0 Å². The van der Waals surface area contributed by atoms with Gasteiger partial charge in [-0.3, -0.25) is 9.67 Å². The molecule has 178 valence electrons. The molecule has 0 saturated carbocycles. The summed E-state index contributed by atoms with van der Waals surface area (Å²) in [4.78, 5) is 6.62. The van der Waals surface area contributed by atoms with E-state index in [0.717, 1.165) is 24.3 Å². The van der Waals surface area contributed by atoms with Crippen LogP contribution < -0.4 is 0 Å². The minimum Gasteiger partial charge on any atom is -0.380 e. The molecule has 2 atom stereocenters. The molecule has 0 aliphatic carbocycles. The van der Waals surface area contributed by atoms with E-state index >= 15 is 0 Å². The standard InChI is InChI=1S/C28H34N4O2/c1-19(2)22-8-10-23(11-9-22)28(34,27(4)17-31(5)18-27)24-13-21(14-29-15-24)7-12-26(33)25-16-32(6)30-20(25)3/h8-11,13-16,19,26,33-34H,17-18H2,1-6H3. The maximum absolute atomic E-state index is 12.3. The van der Waals surface area contributed by atoms with E-state index < -0.39 is 11.7 Å². The molecule has 0 spiro atoms. The predicted octanol–water partition coefficient (Wildman–Crippen LogP) is 3.52. The van der Waals surface area contributed by atoms with Crippen LogP contribution in [0, 0.1) is 24.2 Å². The molecule has 3 aromatic rings. The summed E-state index contributed by atoms with van der Waals surface area (Å²) < 4.78 is 1.67. The molecule has 2 aromatic heterocycles. The van der Waals surface area contributed by atoms with Gasteiger partial charge in [0, 0.05) is 60.8 Å². The van der Waals surface area contributed by atoms with Gasteiger partial charge in [0.1, 0.15) is 11.7 Å². The lowest BCUT2D eigenvalue weighted by Crippen LogP contribution is -2.63. The Morgan fingerprint density at radius 1 is 1.09 bits per heavy atom. The van der Waals surface area contributed by atoms with Crippen molar-refractivity contribution < 1.29 is 10.2 Å². The number of aliphatic hydroxyl groups excluding tert-OH is 1. The second-order valence-electron chi connectivity index (χ2n) is 10.2. The Morgan fingerprint density at radius 3 is 2.32 bits per heavy atom. The number of aryl methyl sites for hydroxylation is 2. The number of pyridine rings is 1. The molecule has 3 heterocycles. The fourth-order valence-corrected chi connectivity index (χ4v) is 5.17. The van der Waals surface area contributed by atoms with Crippen molar-refractivity contribution in [1.29, 1.82) is 0 Å². The number of aliphatic hydroxyl groups is 2. The van der Waals surface area contributed by atoms with E-state index in [2.05, 4.69) is 66.8 Å². The highest BCUT2D eigenvalue weighted by Gasteiger charge is 2.55. The molecule has 4 rings (SSSR count). The second kappa shape index (κ2) is 8.99. The van der Waals surface area contributed by atoms with Gasteiger partial charge in [-0.25, -0.2) is 0 Å². The number of likely N-dealkylation sites (tertiary alicyclic amines) is 1. The summed E-state index contributed by atoms with van der Waals surface area (Å²) in [6.45, 7) is 9.84. The zero-order chi connectivity index (χ0) is 24.7. The second-order valence-corrected chi connectivity index (χ2v) is 10.2. The SMILES string of the molecule is Cc1nn(C)cc1C(O)C#Cc1cncc(C(O)(c2ccc(C(C)C)cc2)C2(C)CN(C)C2)c1. The van der Waals surface area contributed by atoms with Crippen LogP contribution in [-0.4, -0.2) is 50.0 Å². The van der Waals surface area contributed by atoms with Gasteiger partial charge in [0.15, 0.2) is 0 Å². The largest absolute Gasteiger partial charge is 0.380 e. The summed E-state index contributed by atoms with van der Waals surface area (Å²) in [6.07, 6.45) is 4.22. The van der Waals surface area contributed by atoms with Crippen LogP contribution in [0.3, 0.4) is 0 Å². The third-order valence-electron chi connectivity index (χ3n) is 6.96. The molecule has 0 bridgehead atoms. The Morgan fingerprint density at radius 2 is 1.76 bits per heavy atom. The molecule has 1 aromatic carbocycles. The lowest BCUT2D eigenvalue weighted by molar-refractivity contribution is -0.127. The average Bonchev–Trinajstić information content (AvgIpc) is 3.14. The van der Waals surface area contributed by atoms with Crippen LogP contribution in [0.4, 0.5) is 0 Å². The lowest BCUT2D eigenvalue weighted by atomic mass is 9.62. The molecular weight excluding hydrogens is 424 g/mol. The summed E-state index contributed by atoms with van der Waals surface area (Å²) in [7, 11) is 3.88. The number of nitrogens with zero attached hydrogens (tertiary/aromatic N) is 4.